The van der Waals surface area contributed by atoms with Gasteiger partial charge in [0, 0.05) is 17.3 Å². The van der Waals surface area contributed by atoms with Gasteiger partial charge in [0.25, 0.3) is 5.91 Å². The standard InChI is InChI=1S/C24H25ClN2O6/c1-14(13-28)27-20-22(30)26(16-8-6-15(25)7-9-16)11-4-10-24(20)19(21(27)29)18-17(33-24)5-2-3-12-32-23(18)31/h2,4-10,14,17-20,28H,3,11-13H2,1H3/t14-,17-,18+,19+,20?,24+/m1/s1. The van der Waals surface area contributed by atoms with E-state index in [9.17, 15) is 19.5 Å². The van der Waals surface area contributed by atoms with Crippen LogP contribution < -0.4 is 4.90 Å². The second-order valence-electron chi connectivity index (χ2n) is 8.83. The van der Waals surface area contributed by atoms with Crippen LogP contribution in [-0.4, -0.2) is 71.3 Å². The van der Waals surface area contributed by atoms with Gasteiger partial charge >= 0.3 is 5.97 Å². The number of nitrogens with zero attached hydrogens (tertiary/aromatic N) is 2. The van der Waals surface area contributed by atoms with Crippen molar-refractivity contribution in [2.45, 2.75) is 37.1 Å². The number of anilines is 1. The molecule has 9 heteroatoms. The van der Waals surface area contributed by atoms with Gasteiger partial charge in [-0.1, -0.05) is 35.9 Å². The maximum absolute atomic E-state index is 14.0. The Balaban J connectivity index is 1.63. The quantitative estimate of drug-likeness (QED) is 0.531. The Labute approximate surface area is 196 Å². The van der Waals surface area contributed by atoms with Gasteiger partial charge in [-0.15, -0.1) is 0 Å². The number of esters is 1. The zero-order valence-electron chi connectivity index (χ0n) is 18.1. The summed E-state index contributed by atoms with van der Waals surface area (Å²) in [6, 6.07) is 5.18. The van der Waals surface area contributed by atoms with E-state index in [0.29, 0.717) is 17.1 Å². The second kappa shape index (κ2) is 8.27. The monoisotopic (exact) mass is 472 g/mol. The fraction of sp³-hybridized carbons (Fsp3) is 0.458. The number of ether oxygens (including phenoxy) is 2. The van der Waals surface area contributed by atoms with Gasteiger partial charge in [0.2, 0.25) is 5.91 Å². The minimum Gasteiger partial charge on any atom is -0.465 e. The van der Waals surface area contributed by atoms with Crippen LogP contribution in [0.4, 0.5) is 5.69 Å². The van der Waals surface area contributed by atoms with Gasteiger partial charge in [0.1, 0.15) is 17.6 Å². The summed E-state index contributed by atoms with van der Waals surface area (Å²) in [6.45, 7) is 1.84. The lowest BCUT2D eigenvalue weighted by Crippen LogP contribution is -2.57. The fourth-order valence-electron chi connectivity index (χ4n) is 5.46. The van der Waals surface area contributed by atoms with Gasteiger partial charge < -0.3 is 24.4 Å². The molecule has 8 nitrogen and oxygen atoms in total. The van der Waals surface area contributed by atoms with E-state index in [0.717, 1.165) is 0 Å². The molecule has 0 bridgehead atoms. The number of carbonyl (C=O) groups is 3. The average molecular weight is 473 g/mol. The number of halogens is 1. The Kier molecular flexibility index (Phi) is 5.55. The third-order valence-electron chi connectivity index (χ3n) is 6.94. The maximum atomic E-state index is 14.0. The summed E-state index contributed by atoms with van der Waals surface area (Å²) in [4.78, 5) is 43.7. The van der Waals surface area contributed by atoms with Gasteiger partial charge in [0.05, 0.1) is 31.3 Å². The smallest absolute Gasteiger partial charge is 0.312 e. The Morgan fingerprint density at radius 1 is 1.18 bits per heavy atom. The van der Waals surface area contributed by atoms with Crippen molar-refractivity contribution in [3.8, 4) is 0 Å². The summed E-state index contributed by atoms with van der Waals surface area (Å²) in [6.07, 6.45) is 7.10. The van der Waals surface area contributed by atoms with Crippen LogP contribution in [-0.2, 0) is 23.9 Å². The van der Waals surface area contributed by atoms with E-state index in [1.165, 1.54) is 4.90 Å². The number of aliphatic hydroxyl groups excluding tert-OH is 1. The van der Waals surface area contributed by atoms with Crippen molar-refractivity contribution >= 4 is 35.1 Å². The minimum absolute atomic E-state index is 0.228. The summed E-state index contributed by atoms with van der Waals surface area (Å²) >= 11 is 6.02. The molecular formula is C24H25ClN2O6. The van der Waals surface area contributed by atoms with Crippen LogP contribution in [0, 0.1) is 11.8 Å². The highest BCUT2D eigenvalue weighted by molar-refractivity contribution is 6.30. The Morgan fingerprint density at radius 3 is 2.67 bits per heavy atom. The van der Waals surface area contributed by atoms with E-state index >= 15 is 0 Å². The molecule has 1 aromatic rings. The molecule has 0 saturated carbocycles. The van der Waals surface area contributed by atoms with Gasteiger partial charge in [-0.05, 0) is 37.6 Å². The number of benzene rings is 1. The van der Waals surface area contributed by atoms with Crippen LogP contribution in [0.25, 0.3) is 0 Å². The third kappa shape index (κ3) is 3.31. The second-order valence-corrected chi connectivity index (χ2v) is 9.27. The summed E-state index contributed by atoms with van der Waals surface area (Å²) in [5.41, 5.74) is -0.719. The molecule has 1 aromatic carbocycles. The highest BCUT2D eigenvalue weighted by Gasteiger charge is 2.72. The number of carbonyl (C=O) groups excluding carboxylic acids is 3. The zero-order valence-corrected chi connectivity index (χ0v) is 18.9. The molecule has 4 aliphatic heterocycles. The van der Waals surface area contributed by atoms with Crippen LogP contribution >= 0.6 is 11.6 Å². The van der Waals surface area contributed by atoms with Crippen molar-refractivity contribution in [2.24, 2.45) is 11.8 Å². The van der Waals surface area contributed by atoms with E-state index < -0.39 is 47.5 Å². The highest BCUT2D eigenvalue weighted by Crippen LogP contribution is 2.53. The molecule has 2 saturated heterocycles. The number of hydrogen-bond acceptors (Lipinski definition) is 6. The van der Waals surface area contributed by atoms with Crippen LogP contribution in [0.1, 0.15) is 13.3 Å². The summed E-state index contributed by atoms with van der Waals surface area (Å²) in [5, 5.41) is 10.4. The summed E-state index contributed by atoms with van der Waals surface area (Å²) in [5.74, 6) is -3.04. The molecule has 174 valence electrons. The number of cyclic esters (lactones) is 1. The largest absolute Gasteiger partial charge is 0.465 e. The molecule has 2 amide bonds. The topological polar surface area (TPSA) is 96.4 Å². The van der Waals surface area contributed by atoms with E-state index in [1.54, 1.807) is 54.3 Å². The molecule has 33 heavy (non-hydrogen) atoms. The molecule has 0 aromatic heterocycles. The van der Waals surface area contributed by atoms with Crippen LogP contribution in [0.15, 0.2) is 48.6 Å². The molecule has 1 unspecified atom stereocenters. The molecule has 4 aliphatic rings. The lowest BCUT2D eigenvalue weighted by atomic mass is 9.77. The van der Waals surface area contributed by atoms with Crippen molar-refractivity contribution < 1.29 is 29.0 Å². The molecule has 0 aliphatic carbocycles. The van der Waals surface area contributed by atoms with Crippen molar-refractivity contribution in [3.05, 3.63) is 53.6 Å². The van der Waals surface area contributed by atoms with Crippen molar-refractivity contribution in [3.63, 3.8) is 0 Å². The normalized spacial score (nSPS) is 34.2. The number of aliphatic hydroxyl groups is 1. The number of hydrogen-bond donors (Lipinski definition) is 1. The molecule has 2 fully saturated rings. The number of fused-ring (bicyclic) bond motifs is 2. The van der Waals surface area contributed by atoms with E-state index in [4.69, 9.17) is 21.1 Å². The van der Waals surface area contributed by atoms with Crippen LogP contribution in [0.3, 0.4) is 0 Å². The lowest BCUT2D eigenvalue weighted by molar-refractivity contribution is -0.155. The van der Waals surface area contributed by atoms with Gasteiger partial charge in [0.15, 0.2) is 0 Å². The van der Waals surface area contributed by atoms with E-state index in [1.807, 2.05) is 6.08 Å². The van der Waals surface area contributed by atoms with Crippen molar-refractivity contribution in [2.75, 3.05) is 24.7 Å². The fourth-order valence-corrected chi connectivity index (χ4v) is 5.59. The molecule has 6 atom stereocenters. The predicted octanol–water partition coefficient (Wildman–Crippen LogP) is 1.71. The number of rotatable bonds is 3. The summed E-state index contributed by atoms with van der Waals surface area (Å²) in [7, 11) is 0. The molecule has 0 radical (unpaired) electrons. The lowest BCUT2D eigenvalue weighted by Gasteiger charge is -2.37. The van der Waals surface area contributed by atoms with Crippen LogP contribution in [0.2, 0.25) is 5.02 Å². The van der Waals surface area contributed by atoms with Crippen molar-refractivity contribution in [1.82, 2.24) is 4.90 Å². The SMILES string of the molecule is C[C@H](CO)N1C(=O)[C@@H]2[C@H]3C(=O)OCCC=C[C@H]3O[C@@]23C=CCN(c2ccc(Cl)cc2)C(=O)C13. The first kappa shape index (κ1) is 22.1. The Morgan fingerprint density at radius 2 is 1.94 bits per heavy atom. The van der Waals surface area contributed by atoms with Crippen LogP contribution in [0.5, 0.6) is 0 Å². The first-order valence-corrected chi connectivity index (χ1v) is 11.5. The van der Waals surface area contributed by atoms with Gasteiger partial charge in [-0.25, -0.2) is 0 Å². The molecule has 1 spiro atoms. The first-order chi connectivity index (χ1) is 15.9. The molecule has 1 N–H and O–H groups in total. The summed E-state index contributed by atoms with van der Waals surface area (Å²) < 4.78 is 11.8. The van der Waals surface area contributed by atoms with Gasteiger partial charge in [-0.2, -0.15) is 0 Å². The third-order valence-corrected chi connectivity index (χ3v) is 7.19. The Bertz CT molecular complexity index is 1040. The molecule has 4 heterocycles. The number of amides is 2. The molecule has 5 rings (SSSR count). The zero-order chi connectivity index (χ0) is 23.3. The number of likely N-dealkylation sites (tertiary alicyclic amines) is 1. The van der Waals surface area contributed by atoms with E-state index in [2.05, 4.69) is 0 Å². The van der Waals surface area contributed by atoms with E-state index in [-0.39, 0.29) is 25.7 Å². The predicted molar refractivity (Wildman–Crippen MR) is 119 cm³/mol. The van der Waals surface area contributed by atoms with Crippen molar-refractivity contribution in [1.29, 1.82) is 0 Å². The van der Waals surface area contributed by atoms with Gasteiger partial charge in [-0.3, -0.25) is 14.4 Å². The average Bonchev–Trinajstić information content (AvgIpc) is 3.18. The first-order valence-electron chi connectivity index (χ1n) is 11.1. The minimum atomic E-state index is -1.35. The maximum Gasteiger partial charge on any atom is 0.312 e. The molecular weight excluding hydrogens is 448 g/mol. The highest BCUT2D eigenvalue weighted by atomic mass is 35.5. The Hall–Kier alpha value is -2.68.